The molecule has 0 radical (unpaired) electrons. The second-order valence-corrected chi connectivity index (χ2v) is 9.28. The van der Waals surface area contributed by atoms with Crippen LogP contribution in [0.25, 0.3) is 11.1 Å². The summed E-state index contributed by atoms with van der Waals surface area (Å²) < 4.78 is 5.76. The Morgan fingerprint density at radius 1 is 0.879 bits per heavy atom. The van der Waals surface area contributed by atoms with Crippen LogP contribution in [0.2, 0.25) is 0 Å². The number of amides is 1. The van der Waals surface area contributed by atoms with E-state index in [9.17, 15) is 4.79 Å². The smallest absolute Gasteiger partial charge is 0.257 e. The Balaban J connectivity index is 1.39. The van der Waals surface area contributed by atoms with Crippen LogP contribution in [0.1, 0.15) is 29.6 Å². The first-order valence-electron chi connectivity index (χ1n) is 12.0. The molecule has 2 aliphatic heterocycles. The Kier molecular flexibility index (Phi) is 6.34. The van der Waals surface area contributed by atoms with Crippen molar-refractivity contribution in [1.82, 2.24) is 14.7 Å². The Morgan fingerprint density at radius 2 is 1.58 bits per heavy atom. The van der Waals surface area contributed by atoms with Crippen molar-refractivity contribution in [3.05, 3.63) is 83.3 Å². The molecule has 5 rings (SSSR count). The molecule has 5 nitrogen and oxygen atoms in total. The molecule has 1 unspecified atom stereocenters. The maximum absolute atomic E-state index is 13.4. The van der Waals surface area contributed by atoms with Gasteiger partial charge in [0.15, 0.2) is 0 Å². The van der Waals surface area contributed by atoms with Crippen LogP contribution in [0.5, 0.6) is 0 Å². The molecule has 2 heterocycles. The molecule has 1 amide bonds. The summed E-state index contributed by atoms with van der Waals surface area (Å²) in [6, 6.07) is 18.6. The van der Waals surface area contributed by atoms with Crippen molar-refractivity contribution < 1.29 is 9.53 Å². The van der Waals surface area contributed by atoms with E-state index in [0.29, 0.717) is 12.6 Å². The molecule has 0 bridgehead atoms. The number of carbonyl (C=O) groups excluding carboxylic acids is 1. The second kappa shape index (κ2) is 9.54. The summed E-state index contributed by atoms with van der Waals surface area (Å²) in [5.41, 5.74) is 5.62. The van der Waals surface area contributed by atoms with Gasteiger partial charge in [-0.05, 0) is 54.3 Å². The lowest BCUT2D eigenvalue weighted by molar-refractivity contribution is 0.0804. The molecular formula is C28H33N3O2. The van der Waals surface area contributed by atoms with E-state index in [2.05, 4.69) is 35.2 Å². The third-order valence-electron chi connectivity index (χ3n) is 7.31. The molecule has 0 N–H and O–H groups in total. The van der Waals surface area contributed by atoms with Gasteiger partial charge in [0.1, 0.15) is 0 Å². The molecule has 1 aliphatic carbocycles. The lowest BCUT2D eigenvalue weighted by Crippen LogP contribution is -2.51. The van der Waals surface area contributed by atoms with E-state index >= 15 is 0 Å². The zero-order valence-electron chi connectivity index (χ0n) is 19.7. The molecular weight excluding hydrogens is 410 g/mol. The standard InChI is InChI=1S/C28H33N3O2/c1-29-16-18-30(19-17-29)26-12-13-27(33-2)24-14-15-31(20-25(24)26)28(32)23-10-8-22(9-11-23)21-6-4-3-5-7-21/h3-11,20,26H,12-19H2,1-2H3. The maximum Gasteiger partial charge on any atom is 0.257 e. The Morgan fingerprint density at radius 3 is 2.27 bits per heavy atom. The van der Waals surface area contributed by atoms with E-state index in [1.54, 1.807) is 7.11 Å². The minimum Gasteiger partial charge on any atom is -0.501 e. The van der Waals surface area contributed by atoms with Gasteiger partial charge in [-0.3, -0.25) is 9.69 Å². The highest BCUT2D eigenvalue weighted by Gasteiger charge is 2.35. The number of likely N-dealkylation sites (N-methyl/N-ethyl adjacent to an activating group) is 1. The summed E-state index contributed by atoms with van der Waals surface area (Å²) >= 11 is 0. The van der Waals surface area contributed by atoms with Crippen molar-refractivity contribution >= 4 is 5.91 Å². The quantitative estimate of drug-likeness (QED) is 0.702. The summed E-state index contributed by atoms with van der Waals surface area (Å²) in [7, 11) is 3.97. The summed E-state index contributed by atoms with van der Waals surface area (Å²) in [6.07, 6.45) is 5.01. The number of hydrogen-bond acceptors (Lipinski definition) is 4. The highest BCUT2D eigenvalue weighted by molar-refractivity contribution is 5.95. The maximum atomic E-state index is 13.4. The molecule has 5 heteroatoms. The normalized spacial score (nSPS) is 22.1. The van der Waals surface area contributed by atoms with Gasteiger partial charge in [0.25, 0.3) is 5.91 Å². The Bertz CT molecular complexity index is 1050. The molecule has 0 spiro atoms. The number of allylic oxidation sites excluding steroid dienone is 1. The average molecular weight is 444 g/mol. The first-order valence-corrected chi connectivity index (χ1v) is 12.0. The van der Waals surface area contributed by atoms with Crippen LogP contribution >= 0.6 is 0 Å². The molecule has 3 aliphatic rings. The van der Waals surface area contributed by atoms with Crippen molar-refractivity contribution in [2.45, 2.75) is 25.3 Å². The van der Waals surface area contributed by atoms with Crippen LogP contribution in [0, 0.1) is 0 Å². The van der Waals surface area contributed by atoms with E-state index in [0.717, 1.165) is 67.9 Å². The zero-order valence-corrected chi connectivity index (χ0v) is 19.7. The van der Waals surface area contributed by atoms with Gasteiger partial charge >= 0.3 is 0 Å². The third kappa shape index (κ3) is 4.48. The minimum atomic E-state index is 0.0721. The monoisotopic (exact) mass is 443 g/mol. The highest BCUT2D eigenvalue weighted by Crippen LogP contribution is 2.38. The summed E-state index contributed by atoms with van der Waals surface area (Å²) in [4.78, 5) is 20.3. The number of rotatable bonds is 4. The molecule has 1 fully saturated rings. The third-order valence-corrected chi connectivity index (χ3v) is 7.31. The summed E-state index contributed by atoms with van der Waals surface area (Å²) in [5.74, 6) is 1.17. The molecule has 172 valence electrons. The predicted octanol–water partition coefficient (Wildman–Crippen LogP) is 4.39. The van der Waals surface area contributed by atoms with Crippen LogP contribution in [0.4, 0.5) is 0 Å². The van der Waals surface area contributed by atoms with Gasteiger partial charge in [-0.2, -0.15) is 0 Å². The van der Waals surface area contributed by atoms with E-state index in [-0.39, 0.29) is 5.91 Å². The van der Waals surface area contributed by atoms with Crippen LogP contribution < -0.4 is 0 Å². The molecule has 1 saturated heterocycles. The fourth-order valence-corrected chi connectivity index (χ4v) is 5.35. The molecule has 1 atom stereocenters. The molecule has 2 aromatic rings. The number of nitrogens with zero attached hydrogens (tertiary/aromatic N) is 3. The van der Waals surface area contributed by atoms with Crippen molar-refractivity contribution in [2.24, 2.45) is 0 Å². The van der Waals surface area contributed by atoms with Gasteiger partial charge in [0.05, 0.1) is 12.9 Å². The number of benzene rings is 2. The SMILES string of the molecule is COC1=C2CCN(C(=O)c3ccc(-c4ccccc4)cc3)C=C2C(N2CCN(C)CC2)CC1. The summed E-state index contributed by atoms with van der Waals surface area (Å²) in [5, 5.41) is 0. The molecule has 0 saturated carbocycles. The Hall–Kier alpha value is -2.89. The number of methoxy groups -OCH3 is 1. The lowest BCUT2D eigenvalue weighted by Gasteiger charge is -2.43. The highest BCUT2D eigenvalue weighted by atomic mass is 16.5. The number of fused-ring (bicyclic) bond motifs is 1. The average Bonchev–Trinajstić information content (AvgIpc) is 2.88. The van der Waals surface area contributed by atoms with Crippen molar-refractivity contribution in [3.63, 3.8) is 0 Å². The van der Waals surface area contributed by atoms with E-state index in [4.69, 9.17) is 4.74 Å². The minimum absolute atomic E-state index is 0.0721. The molecule has 0 aromatic heterocycles. The van der Waals surface area contributed by atoms with E-state index in [1.165, 1.54) is 11.1 Å². The lowest BCUT2D eigenvalue weighted by atomic mass is 9.83. The summed E-state index contributed by atoms with van der Waals surface area (Å²) in [6.45, 7) is 5.03. The van der Waals surface area contributed by atoms with Gasteiger partial charge in [-0.1, -0.05) is 42.5 Å². The van der Waals surface area contributed by atoms with E-state index in [1.807, 2.05) is 47.4 Å². The van der Waals surface area contributed by atoms with Crippen molar-refractivity contribution in [2.75, 3.05) is 46.9 Å². The molecule has 2 aromatic carbocycles. The van der Waals surface area contributed by atoms with Gasteiger partial charge in [-0.15, -0.1) is 0 Å². The fraction of sp³-hybridized carbons (Fsp3) is 0.393. The first kappa shape index (κ1) is 21.9. The van der Waals surface area contributed by atoms with Crippen LogP contribution in [-0.2, 0) is 4.74 Å². The Labute approximate surface area is 196 Å². The van der Waals surface area contributed by atoms with Gasteiger partial charge < -0.3 is 14.5 Å². The largest absolute Gasteiger partial charge is 0.501 e. The van der Waals surface area contributed by atoms with Crippen molar-refractivity contribution in [1.29, 1.82) is 0 Å². The van der Waals surface area contributed by atoms with Gasteiger partial charge in [0, 0.05) is 56.9 Å². The zero-order chi connectivity index (χ0) is 22.8. The van der Waals surface area contributed by atoms with E-state index < -0.39 is 0 Å². The van der Waals surface area contributed by atoms with Crippen LogP contribution in [0.3, 0.4) is 0 Å². The van der Waals surface area contributed by atoms with Crippen molar-refractivity contribution in [3.8, 4) is 11.1 Å². The van der Waals surface area contributed by atoms with Crippen LogP contribution in [0.15, 0.2) is 77.7 Å². The van der Waals surface area contributed by atoms with Gasteiger partial charge in [0.2, 0.25) is 0 Å². The number of carbonyl (C=O) groups is 1. The van der Waals surface area contributed by atoms with Crippen LogP contribution in [-0.4, -0.2) is 73.5 Å². The fourth-order valence-electron chi connectivity index (χ4n) is 5.35. The topological polar surface area (TPSA) is 36.0 Å². The predicted molar refractivity (Wildman–Crippen MR) is 132 cm³/mol. The second-order valence-electron chi connectivity index (χ2n) is 9.28. The molecule has 33 heavy (non-hydrogen) atoms. The first-order chi connectivity index (χ1) is 16.1. The number of ether oxygens (including phenoxy) is 1. The van der Waals surface area contributed by atoms with Gasteiger partial charge in [-0.25, -0.2) is 0 Å². The number of piperazine rings is 1. The number of hydrogen-bond donors (Lipinski definition) is 0.